The van der Waals surface area contributed by atoms with Crippen LogP contribution in [0.2, 0.25) is 0 Å². The number of fused-ring (bicyclic) bond motifs is 6. The van der Waals surface area contributed by atoms with Crippen LogP contribution in [0.3, 0.4) is 0 Å². The van der Waals surface area contributed by atoms with E-state index in [-0.39, 0.29) is 11.6 Å². The van der Waals surface area contributed by atoms with Crippen LogP contribution in [-0.2, 0) is 25.7 Å². The Kier molecular flexibility index (Phi) is 22.8. The van der Waals surface area contributed by atoms with Crippen molar-refractivity contribution in [1.29, 1.82) is 0 Å². The lowest BCUT2D eigenvalue weighted by molar-refractivity contribution is 0.0970. The van der Waals surface area contributed by atoms with Crippen LogP contribution in [0.5, 0.6) is 0 Å². The van der Waals surface area contributed by atoms with Crippen molar-refractivity contribution in [3.63, 3.8) is 0 Å². The van der Waals surface area contributed by atoms with Crippen molar-refractivity contribution >= 4 is 145 Å². The molecule has 0 N–H and O–H groups in total. The molecule has 14 heteroatoms. The maximum Gasteiger partial charge on any atom is 0.196 e. The lowest BCUT2D eigenvalue weighted by Crippen LogP contribution is -2.24. The molecule has 88 heavy (non-hydrogen) atoms. The molecule has 0 fully saturated rings. The molecule has 1 aliphatic carbocycles. The molecule has 0 saturated carbocycles. The monoisotopic (exact) mass is 1320 g/mol. The third-order valence-corrected chi connectivity index (χ3v) is 25.2. The van der Waals surface area contributed by atoms with Crippen molar-refractivity contribution in [2.24, 2.45) is 23.7 Å². The van der Waals surface area contributed by atoms with E-state index < -0.39 is 0 Å². The summed E-state index contributed by atoms with van der Waals surface area (Å²) in [5.41, 5.74) is 10.8. The number of carbonyl (C=O) groups excluding carboxylic acids is 2. The van der Waals surface area contributed by atoms with E-state index in [0.29, 0.717) is 22.3 Å². The summed E-state index contributed by atoms with van der Waals surface area (Å²) in [4.78, 5) is 56.2. The smallest absolute Gasteiger partial charge is 0.196 e. The van der Waals surface area contributed by atoms with Crippen LogP contribution < -0.4 is 0 Å². The van der Waals surface area contributed by atoms with Gasteiger partial charge in [-0.05, 0) is 170 Å². The Bertz CT molecular complexity index is 3540. The number of ketones is 2. The average molecular weight is 1320 g/mol. The molecule has 0 saturated heterocycles. The number of hydrogen-bond acceptors (Lipinski definition) is 14. The zero-order valence-electron chi connectivity index (χ0n) is 52.6. The van der Waals surface area contributed by atoms with E-state index in [1.807, 2.05) is 24.3 Å². The molecule has 11 rings (SSSR count). The van der Waals surface area contributed by atoms with Crippen molar-refractivity contribution in [1.82, 2.24) is 19.9 Å². The molecule has 0 radical (unpaired) electrons. The SMILES string of the molecule is CC(C)CCCCCc1ccc2nc(Sc3ccc(Sc4nc5ccc(CCCCCC(C)C)cc5s4)c4c3C(=O)c3c(Sc5nc6ccc(CCCCCC(C)C)cc6s5)ccc(Sc5nc6ccc(CCCCCC(C)C)cc6s5)c3C4=O)sc2c1. The molecule has 4 aromatic heterocycles. The van der Waals surface area contributed by atoms with E-state index in [1.165, 1.54) is 172 Å². The topological polar surface area (TPSA) is 85.7 Å². The van der Waals surface area contributed by atoms with Crippen LogP contribution in [0.25, 0.3) is 40.9 Å². The van der Waals surface area contributed by atoms with Crippen molar-refractivity contribution in [3.05, 3.63) is 142 Å². The molecule has 4 heterocycles. The van der Waals surface area contributed by atoms with Gasteiger partial charge in [-0.25, -0.2) is 19.9 Å². The second-order valence-corrected chi connectivity index (χ2v) is 35.1. The average Bonchev–Trinajstić information content (AvgIpc) is 0.824. The fourth-order valence-corrected chi connectivity index (χ4v) is 20.7. The summed E-state index contributed by atoms with van der Waals surface area (Å²) in [6.45, 7) is 18.4. The number of nitrogens with zero attached hydrogens (tertiary/aromatic N) is 4. The zero-order chi connectivity index (χ0) is 61.3. The third-order valence-electron chi connectivity index (χ3n) is 16.7. The van der Waals surface area contributed by atoms with Crippen molar-refractivity contribution < 1.29 is 9.59 Å². The highest BCUT2D eigenvalue weighted by Crippen LogP contribution is 2.51. The number of unbranched alkanes of at least 4 members (excludes halogenated alkanes) is 8. The molecule has 460 valence electrons. The van der Waals surface area contributed by atoms with Gasteiger partial charge < -0.3 is 0 Å². The number of rotatable bonds is 32. The first-order chi connectivity index (χ1) is 42.7. The van der Waals surface area contributed by atoms with Crippen molar-refractivity contribution in [2.75, 3.05) is 0 Å². The van der Waals surface area contributed by atoms with Crippen LogP contribution in [0.4, 0.5) is 0 Å². The van der Waals surface area contributed by atoms with E-state index in [2.05, 4.69) is 128 Å². The van der Waals surface area contributed by atoms with Crippen LogP contribution in [0.1, 0.15) is 212 Å². The summed E-state index contributed by atoms with van der Waals surface area (Å²) < 4.78 is 7.90. The molecular weight excluding hydrogens is 1230 g/mol. The van der Waals surface area contributed by atoms with Gasteiger partial charge in [-0.1, -0.05) is 204 Å². The molecule has 0 atom stereocenters. The number of benzene rings is 6. The Morgan fingerprint density at radius 2 is 0.534 bits per heavy atom. The Morgan fingerprint density at radius 3 is 0.750 bits per heavy atom. The minimum atomic E-state index is -0.161. The second-order valence-electron chi connectivity index (χ2n) is 25.8. The third kappa shape index (κ3) is 16.8. The molecule has 0 spiro atoms. The molecule has 6 aromatic carbocycles. The molecule has 0 amide bonds. The van der Waals surface area contributed by atoms with Crippen LogP contribution in [-0.4, -0.2) is 31.5 Å². The molecule has 0 aliphatic heterocycles. The van der Waals surface area contributed by atoms with E-state index in [1.54, 1.807) is 45.3 Å². The summed E-state index contributed by atoms with van der Waals surface area (Å²) in [6.07, 6.45) is 23.9. The standard InChI is InChI=1S/C74H84N4O2S8/c1-45(2)21-13-9-17-25-49-29-33-53-61(41-49)85-71(75-53)81-57-37-38-58(82-72-76-54-34-30-50(42-62(54)86-72)26-18-10-14-22-46(3)4)66-65(57)69(79)67-59(83-73-77-55-35-31-51(43-63(55)87-73)27-19-11-15-23-47(5)6)39-40-60(68(67)70(66)80)84-74-78-56-36-32-52(44-64(56)88-74)28-20-12-16-24-48(7)8/h29-48H,9-28H2,1-8H3. The van der Waals surface area contributed by atoms with E-state index in [9.17, 15) is 0 Å². The first kappa shape index (κ1) is 65.1. The molecule has 1 aliphatic rings. The van der Waals surface area contributed by atoms with Gasteiger partial charge in [0.2, 0.25) is 0 Å². The summed E-state index contributed by atoms with van der Waals surface area (Å²) in [5, 5.41) is 0. The van der Waals surface area contributed by atoms with Gasteiger partial charge in [-0.2, -0.15) is 0 Å². The number of thiazole rings is 4. The van der Waals surface area contributed by atoms with Gasteiger partial charge in [0.05, 0.1) is 40.9 Å². The van der Waals surface area contributed by atoms with Gasteiger partial charge in [0.1, 0.15) is 0 Å². The van der Waals surface area contributed by atoms with E-state index in [0.717, 1.165) is 127 Å². The van der Waals surface area contributed by atoms with Gasteiger partial charge >= 0.3 is 0 Å². The maximum absolute atomic E-state index is 16.3. The van der Waals surface area contributed by atoms with Gasteiger partial charge in [0.15, 0.2) is 28.9 Å². The quantitative estimate of drug-likeness (QED) is 0.0380. The highest BCUT2D eigenvalue weighted by atomic mass is 32.2. The number of carbonyl (C=O) groups is 2. The summed E-state index contributed by atoms with van der Waals surface area (Å²) in [6, 6.07) is 34.9. The fraction of sp³-hybridized carbons (Fsp3) is 0.432. The fourth-order valence-electron chi connectivity index (χ4n) is 11.8. The van der Waals surface area contributed by atoms with Crippen molar-refractivity contribution in [3.8, 4) is 0 Å². The Balaban J connectivity index is 0.958. The predicted molar refractivity (Wildman–Crippen MR) is 383 cm³/mol. The first-order valence-corrected chi connectivity index (χ1v) is 38.9. The lowest BCUT2D eigenvalue weighted by Gasteiger charge is -2.25. The zero-order valence-corrected chi connectivity index (χ0v) is 59.1. The summed E-state index contributed by atoms with van der Waals surface area (Å²) >= 11 is 12.6. The maximum atomic E-state index is 16.3. The second kappa shape index (κ2) is 30.8. The van der Waals surface area contributed by atoms with Gasteiger partial charge in [-0.3, -0.25) is 9.59 Å². The first-order valence-electron chi connectivity index (χ1n) is 32.4. The van der Waals surface area contributed by atoms with Gasteiger partial charge in [-0.15, -0.1) is 45.3 Å². The Hall–Kier alpha value is -4.38. The molecule has 10 aromatic rings. The van der Waals surface area contributed by atoms with Crippen LogP contribution >= 0.6 is 92.4 Å². The number of hydrogen-bond donors (Lipinski definition) is 0. The van der Waals surface area contributed by atoms with Gasteiger partial charge in [0.25, 0.3) is 0 Å². The summed E-state index contributed by atoms with van der Waals surface area (Å²) in [7, 11) is 0. The molecule has 0 unspecified atom stereocenters. The Labute approximate surface area is 555 Å². The molecule has 0 bridgehead atoms. The normalized spacial score (nSPS) is 12.7. The van der Waals surface area contributed by atoms with Crippen LogP contribution in [0, 0.1) is 23.7 Å². The summed E-state index contributed by atoms with van der Waals surface area (Å²) in [5.74, 6) is 2.61. The predicted octanol–water partition coefficient (Wildman–Crippen LogP) is 24.5. The van der Waals surface area contributed by atoms with Crippen LogP contribution in [0.15, 0.2) is 134 Å². The minimum absolute atomic E-state index is 0.161. The highest BCUT2D eigenvalue weighted by Gasteiger charge is 2.39. The highest BCUT2D eigenvalue weighted by molar-refractivity contribution is 8.02. The van der Waals surface area contributed by atoms with E-state index >= 15 is 9.59 Å². The minimum Gasteiger partial charge on any atom is -0.288 e. The van der Waals surface area contributed by atoms with E-state index in [4.69, 9.17) is 19.9 Å². The largest absolute Gasteiger partial charge is 0.288 e. The molecular formula is C74H84N4O2S8. The Morgan fingerprint density at radius 1 is 0.307 bits per heavy atom. The molecule has 6 nitrogen and oxygen atoms in total. The number of aromatic nitrogens is 4. The lowest BCUT2D eigenvalue weighted by atomic mass is 9.84. The van der Waals surface area contributed by atoms with Gasteiger partial charge in [0, 0.05) is 41.8 Å². The number of aryl methyl sites for hydroxylation is 4. The van der Waals surface area contributed by atoms with Crippen molar-refractivity contribution in [2.45, 2.75) is 221 Å².